The van der Waals surface area contributed by atoms with Crippen LogP contribution in [0, 0.1) is 10.1 Å². The molecule has 0 saturated carbocycles. The molecule has 1 aliphatic rings. The summed E-state index contributed by atoms with van der Waals surface area (Å²) in [4.78, 5) is 23.8. The fourth-order valence-corrected chi connectivity index (χ4v) is 3.10. The topological polar surface area (TPSA) is 72.7 Å². The average molecular weight is 427 g/mol. The number of nitrogens with zero attached hydrogens (tertiary/aromatic N) is 2. The molecule has 0 atom stereocenters. The van der Waals surface area contributed by atoms with E-state index in [0.717, 1.165) is 0 Å². The third-order valence-corrected chi connectivity index (χ3v) is 4.40. The van der Waals surface area contributed by atoms with E-state index in [1.807, 2.05) is 0 Å². The number of nitro groups is 1. The molecule has 0 aromatic heterocycles. The van der Waals surface area contributed by atoms with Gasteiger partial charge in [-0.3, -0.25) is 14.9 Å². The zero-order valence-electron chi connectivity index (χ0n) is 14.8. The van der Waals surface area contributed by atoms with Gasteiger partial charge in [0.1, 0.15) is 18.9 Å². The number of alkyl halides is 3. The Kier molecular flexibility index (Phi) is 5.78. The second-order valence-corrected chi connectivity index (χ2v) is 6.74. The van der Waals surface area contributed by atoms with E-state index in [9.17, 15) is 28.1 Å². The number of hydrogen-bond donors (Lipinski definition) is 0. The molecule has 10 heteroatoms. The molecule has 0 bridgehead atoms. The van der Waals surface area contributed by atoms with Gasteiger partial charge >= 0.3 is 6.18 Å². The number of amides is 1. The molecule has 0 radical (unpaired) electrons. The van der Waals surface area contributed by atoms with Gasteiger partial charge in [0.15, 0.2) is 0 Å². The summed E-state index contributed by atoms with van der Waals surface area (Å²) in [6, 6.07) is 10.1. The molecule has 0 saturated heterocycles. The van der Waals surface area contributed by atoms with Crippen molar-refractivity contribution in [2.45, 2.75) is 12.7 Å². The van der Waals surface area contributed by atoms with E-state index >= 15 is 0 Å². The molecule has 2 aromatic carbocycles. The Labute approximate surface area is 168 Å². The van der Waals surface area contributed by atoms with E-state index in [2.05, 4.69) is 0 Å². The Balaban J connectivity index is 1.93. The second-order valence-electron chi connectivity index (χ2n) is 6.30. The molecule has 0 N–H and O–H groups in total. The lowest BCUT2D eigenvalue weighted by Crippen LogP contribution is -2.40. The van der Waals surface area contributed by atoms with Gasteiger partial charge in [0.2, 0.25) is 0 Å². The van der Waals surface area contributed by atoms with Crippen LogP contribution in [0.3, 0.4) is 0 Å². The molecular weight excluding hydrogens is 413 g/mol. The summed E-state index contributed by atoms with van der Waals surface area (Å²) < 4.78 is 44.7. The first kappa shape index (κ1) is 20.7. The zero-order valence-corrected chi connectivity index (χ0v) is 15.5. The maximum absolute atomic E-state index is 13.1. The van der Waals surface area contributed by atoms with Crippen molar-refractivity contribution in [2.75, 3.05) is 13.2 Å². The lowest BCUT2D eigenvalue weighted by atomic mass is 10.1. The quantitative estimate of drug-likeness (QED) is 0.517. The van der Waals surface area contributed by atoms with Crippen LogP contribution in [-0.4, -0.2) is 35.1 Å². The SMILES string of the molecule is O=C(C1=Cc2cc(Cl)ccc2OC1)N(Cc1ccccc1[N+](=O)[O-])CC(F)(F)F. The van der Waals surface area contributed by atoms with Crippen LogP contribution in [0.25, 0.3) is 6.08 Å². The van der Waals surface area contributed by atoms with Crippen molar-refractivity contribution in [3.63, 3.8) is 0 Å². The third kappa shape index (κ3) is 5.05. The molecule has 3 rings (SSSR count). The van der Waals surface area contributed by atoms with Gasteiger partial charge in [-0.25, -0.2) is 0 Å². The number of carbonyl (C=O) groups is 1. The minimum absolute atomic E-state index is 0.00382. The molecule has 1 heterocycles. The molecule has 0 fully saturated rings. The number of nitro benzene ring substituents is 1. The predicted molar refractivity (Wildman–Crippen MR) is 99.5 cm³/mol. The molecule has 29 heavy (non-hydrogen) atoms. The molecule has 6 nitrogen and oxygen atoms in total. The molecule has 152 valence electrons. The van der Waals surface area contributed by atoms with Crippen LogP contribution in [0.1, 0.15) is 11.1 Å². The first-order valence-corrected chi connectivity index (χ1v) is 8.73. The first-order valence-electron chi connectivity index (χ1n) is 8.35. The Morgan fingerprint density at radius 3 is 2.66 bits per heavy atom. The van der Waals surface area contributed by atoms with Crippen molar-refractivity contribution in [3.8, 4) is 5.75 Å². The summed E-state index contributed by atoms with van der Waals surface area (Å²) in [6.45, 7) is -2.36. The lowest BCUT2D eigenvalue weighted by molar-refractivity contribution is -0.385. The number of fused-ring (bicyclic) bond motifs is 1. The number of carbonyl (C=O) groups excluding carboxylic acids is 1. The van der Waals surface area contributed by atoms with Crippen LogP contribution in [0.4, 0.5) is 18.9 Å². The minimum Gasteiger partial charge on any atom is -0.488 e. The van der Waals surface area contributed by atoms with Crippen molar-refractivity contribution >= 4 is 29.3 Å². The van der Waals surface area contributed by atoms with Gasteiger partial charge in [0.25, 0.3) is 11.6 Å². The Bertz CT molecular complexity index is 992. The predicted octanol–water partition coefficient (Wildman–Crippen LogP) is 4.62. The molecule has 2 aromatic rings. The van der Waals surface area contributed by atoms with E-state index in [1.165, 1.54) is 36.4 Å². The number of rotatable bonds is 5. The maximum Gasteiger partial charge on any atom is 0.406 e. The van der Waals surface area contributed by atoms with E-state index < -0.39 is 30.1 Å². The average Bonchev–Trinajstić information content (AvgIpc) is 2.65. The van der Waals surface area contributed by atoms with Gasteiger partial charge in [0, 0.05) is 22.2 Å². The highest BCUT2D eigenvalue weighted by Crippen LogP contribution is 2.31. The summed E-state index contributed by atoms with van der Waals surface area (Å²) in [5.74, 6) is -0.474. The number of benzene rings is 2. The highest BCUT2D eigenvalue weighted by Gasteiger charge is 2.35. The summed E-state index contributed by atoms with van der Waals surface area (Å²) in [5, 5.41) is 11.5. The number of halogens is 4. The second kappa shape index (κ2) is 8.12. The molecule has 0 aliphatic carbocycles. The molecule has 1 aliphatic heterocycles. The summed E-state index contributed by atoms with van der Waals surface area (Å²) in [5.41, 5.74) is 0.0849. The van der Waals surface area contributed by atoms with Gasteiger partial charge in [-0.05, 0) is 24.3 Å². The van der Waals surface area contributed by atoms with E-state index in [0.29, 0.717) is 21.2 Å². The van der Waals surface area contributed by atoms with Crippen LogP contribution in [0.15, 0.2) is 48.0 Å². The monoisotopic (exact) mass is 426 g/mol. The van der Waals surface area contributed by atoms with Crippen LogP contribution in [0.2, 0.25) is 5.02 Å². The van der Waals surface area contributed by atoms with Gasteiger partial charge in [0.05, 0.1) is 17.0 Å². The highest BCUT2D eigenvalue weighted by atomic mass is 35.5. The minimum atomic E-state index is -4.68. The van der Waals surface area contributed by atoms with Crippen molar-refractivity contribution < 1.29 is 27.6 Å². The van der Waals surface area contributed by atoms with Crippen molar-refractivity contribution in [1.29, 1.82) is 0 Å². The van der Waals surface area contributed by atoms with Gasteiger partial charge in [-0.2, -0.15) is 13.2 Å². The fourth-order valence-electron chi connectivity index (χ4n) is 2.92. The largest absolute Gasteiger partial charge is 0.488 e. The summed E-state index contributed by atoms with van der Waals surface area (Å²) in [6.07, 6.45) is -3.27. The van der Waals surface area contributed by atoms with Gasteiger partial charge < -0.3 is 9.64 Å². The zero-order chi connectivity index (χ0) is 21.2. The Hall–Kier alpha value is -3.07. The van der Waals surface area contributed by atoms with Crippen molar-refractivity contribution in [2.24, 2.45) is 0 Å². The molecular formula is C19H14ClF3N2O4. The summed E-state index contributed by atoms with van der Waals surface area (Å²) in [7, 11) is 0. The van der Waals surface area contributed by atoms with Crippen LogP contribution >= 0.6 is 11.6 Å². The van der Waals surface area contributed by atoms with Gasteiger partial charge in [-0.1, -0.05) is 29.8 Å². The first-order chi connectivity index (χ1) is 13.6. The van der Waals surface area contributed by atoms with Crippen LogP contribution < -0.4 is 4.74 Å². The van der Waals surface area contributed by atoms with E-state index in [1.54, 1.807) is 12.1 Å². The fraction of sp³-hybridized carbons (Fsp3) is 0.211. The maximum atomic E-state index is 13.1. The Morgan fingerprint density at radius 2 is 1.97 bits per heavy atom. The highest BCUT2D eigenvalue weighted by molar-refractivity contribution is 6.30. The van der Waals surface area contributed by atoms with Crippen molar-refractivity contribution in [3.05, 3.63) is 74.3 Å². The van der Waals surface area contributed by atoms with Crippen LogP contribution in [-0.2, 0) is 11.3 Å². The third-order valence-electron chi connectivity index (χ3n) is 4.17. The lowest BCUT2D eigenvalue weighted by Gasteiger charge is -2.26. The number of ether oxygens (including phenoxy) is 1. The van der Waals surface area contributed by atoms with E-state index in [-0.39, 0.29) is 23.4 Å². The van der Waals surface area contributed by atoms with Crippen LogP contribution in [0.5, 0.6) is 5.75 Å². The summed E-state index contributed by atoms with van der Waals surface area (Å²) >= 11 is 5.92. The van der Waals surface area contributed by atoms with E-state index in [4.69, 9.17) is 16.3 Å². The molecule has 0 unspecified atom stereocenters. The van der Waals surface area contributed by atoms with Crippen molar-refractivity contribution in [1.82, 2.24) is 4.90 Å². The van der Waals surface area contributed by atoms with Gasteiger partial charge in [-0.15, -0.1) is 0 Å². The normalized spacial score (nSPS) is 13.2. The number of para-hydroxylation sites is 1. The molecule has 1 amide bonds. The Morgan fingerprint density at radius 1 is 1.24 bits per heavy atom. The number of hydrogen-bond acceptors (Lipinski definition) is 4. The standard InChI is InChI=1S/C19H14ClF3N2O4/c20-15-5-6-17-13(8-15)7-14(10-29-17)18(26)24(11-19(21,22)23)9-12-3-1-2-4-16(12)25(27)28/h1-8H,9-11H2. The molecule has 0 spiro atoms. The smallest absolute Gasteiger partial charge is 0.406 e.